The third kappa shape index (κ3) is 3.84. The van der Waals surface area contributed by atoms with Crippen LogP contribution in [-0.2, 0) is 6.54 Å². The number of rotatable bonds is 5. The highest BCUT2D eigenvalue weighted by molar-refractivity contribution is 6.32. The second-order valence-electron chi connectivity index (χ2n) is 6.96. The molecule has 1 aromatic heterocycles. The zero-order chi connectivity index (χ0) is 19.5. The van der Waals surface area contributed by atoms with Crippen molar-refractivity contribution < 1.29 is 9.84 Å². The van der Waals surface area contributed by atoms with Crippen molar-refractivity contribution in [1.82, 2.24) is 10.2 Å². The van der Waals surface area contributed by atoms with E-state index in [0.29, 0.717) is 17.3 Å². The molecule has 4 rings (SSSR count). The third-order valence-corrected chi connectivity index (χ3v) is 5.40. The first kappa shape index (κ1) is 18.8. The molecule has 0 spiro atoms. The van der Waals surface area contributed by atoms with Crippen LogP contribution in [0.5, 0.6) is 5.75 Å². The number of benzene rings is 2. The standard InChI is InChI=1S/C21H23ClN4O2/c1-28-19-7-6-14(12-18(19)22)13-23-20-16-4-2-3-5-17(16)21(25-24-20)26-10-8-15(27)9-11-26/h2-7,12,15,27H,8-11,13H2,1H3,(H,23,24). The summed E-state index contributed by atoms with van der Waals surface area (Å²) in [5.74, 6) is 2.27. The Morgan fingerprint density at radius 3 is 2.61 bits per heavy atom. The minimum absolute atomic E-state index is 0.215. The van der Waals surface area contributed by atoms with E-state index in [-0.39, 0.29) is 6.10 Å². The van der Waals surface area contributed by atoms with Gasteiger partial charge in [0.25, 0.3) is 0 Å². The number of nitrogens with one attached hydrogen (secondary N) is 1. The van der Waals surface area contributed by atoms with Gasteiger partial charge in [0.2, 0.25) is 0 Å². The van der Waals surface area contributed by atoms with E-state index >= 15 is 0 Å². The van der Waals surface area contributed by atoms with Gasteiger partial charge in [-0.15, -0.1) is 10.2 Å². The molecule has 1 saturated heterocycles. The SMILES string of the molecule is COc1ccc(CNc2nnc(N3CCC(O)CC3)c3ccccc23)cc1Cl. The Balaban J connectivity index is 1.58. The number of ether oxygens (including phenoxy) is 1. The number of hydrogen-bond acceptors (Lipinski definition) is 6. The highest BCUT2D eigenvalue weighted by Gasteiger charge is 2.21. The van der Waals surface area contributed by atoms with Gasteiger partial charge < -0.3 is 20.1 Å². The van der Waals surface area contributed by atoms with E-state index in [0.717, 1.165) is 53.9 Å². The average molecular weight is 399 g/mol. The predicted molar refractivity (Wildman–Crippen MR) is 112 cm³/mol. The van der Waals surface area contributed by atoms with Crippen LogP contribution in [0.3, 0.4) is 0 Å². The fraction of sp³-hybridized carbons (Fsp3) is 0.333. The Hall–Kier alpha value is -2.57. The van der Waals surface area contributed by atoms with Crippen molar-refractivity contribution in [3.8, 4) is 5.75 Å². The largest absolute Gasteiger partial charge is 0.495 e. The molecule has 3 aromatic rings. The normalized spacial score (nSPS) is 15.0. The summed E-state index contributed by atoms with van der Waals surface area (Å²) in [5.41, 5.74) is 1.03. The van der Waals surface area contributed by atoms with Gasteiger partial charge in [-0.1, -0.05) is 41.9 Å². The van der Waals surface area contributed by atoms with Gasteiger partial charge in [0, 0.05) is 30.4 Å². The summed E-state index contributed by atoms with van der Waals surface area (Å²) in [7, 11) is 1.60. The molecule has 1 aliphatic heterocycles. The van der Waals surface area contributed by atoms with Gasteiger partial charge in [-0.25, -0.2) is 0 Å². The lowest BCUT2D eigenvalue weighted by molar-refractivity contribution is 0.145. The van der Waals surface area contributed by atoms with Gasteiger partial charge in [0.1, 0.15) is 5.75 Å². The minimum Gasteiger partial charge on any atom is -0.495 e. The van der Waals surface area contributed by atoms with Crippen LogP contribution in [0.2, 0.25) is 5.02 Å². The molecule has 2 aromatic carbocycles. The Kier molecular flexibility index (Phi) is 5.50. The number of aromatic nitrogens is 2. The lowest BCUT2D eigenvalue weighted by Gasteiger charge is -2.31. The highest BCUT2D eigenvalue weighted by atomic mass is 35.5. The summed E-state index contributed by atoms with van der Waals surface area (Å²) in [5, 5.41) is 24.8. The van der Waals surface area contributed by atoms with Crippen molar-refractivity contribution in [2.45, 2.75) is 25.5 Å². The van der Waals surface area contributed by atoms with Crippen LogP contribution in [-0.4, -0.2) is 41.6 Å². The summed E-state index contributed by atoms with van der Waals surface area (Å²) in [6.45, 7) is 2.16. The fourth-order valence-corrected chi connectivity index (χ4v) is 3.82. The van der Waals surface area contributed by atoms with Crippen molar-refractivity contribution in [2.75, 3.05) is 30.4 Å². The molecule has 2 heterocycles. The number of aliphatic hydroxyl groups excluding tert-OH is 1. The molecular weight excluding hydrogens is 376 g/mol. The van der Waals surface area contributed by atoms with Crippen molar-refractivity contribution in [3.05, 3.63) is 53.1 Å². The summed E-state index contributed by atoms with van der Waals surface area (Å²) < 4.78 is 5.20. The van der Waals surface area contributed by atoms with Crippen LogP contribution >= 0.6 is 11.6 Å². The average Bonchev–Trinajstić information content (AvgIpc) is 2.73. The van der Waals surface area contributed by atoms with E-state index in [2.05, 4.69) is 32.5 Å². The molecule has 0 unspecified atom stereocenters. The zero-order valence-electron chi connectivity index (χ0n) is 15.7. The van der Waals surface area contributed by atoms with Gasteiger partial charge in [-0.2, -0.15) is 0 Å². The Bertz CT molecular complexity index is 974. The Labute approximate surface area is 169 Å². The summed E-state index contributed by atoms with van der Waals surface area (Å²) in [6.07, 6.45) is 1.30. The third-order valence-electron chi connectivity index (χ3n) is 5.11. The quantitative estimate of drug-likeness (QED) is 0.680. The maximum absolute atomic E-state index is 9.77. The van der Waals surface area contributed by atoms with Crippen LogP contribution in [0.25, 0.3) is 10.8 Å². The maximum atomic E-state index is 9.77. The van der Waals surface area contributed by atoms with Crippen LogP contribution in [0, 0.1) is 0 Å². The smallest absolute Gasteiger partial charge is 0.159 e. The first-order chi connectivity index (χ1) is 13.7. The molecule has 2 N–H and O–H groups in total. The molecular formula is C21H23ClN4O2. The molecule has 6 nitrogen and oxygen atoms in total. The number of halogens is 1. The number of nitrogens with zero attached hydrogens (tertiary/aromatic N) is 3. The first-order valence-corrected chi connectivity index (χ1v) is 9.78. The number of anilines is 2. The van der Waals surface area contributed by atoms with Gasteiger partial charge in [0.05, 0.1) is 18.2 Å². The molecule has 146 valence electrons. The number of methoxy groups -OCH3 is 1. The van der Waals surface area contributed by atoms with Crippen LogP contribution < -0.4 is 15.0 Å². The molecule has 1 aliphatic rings. The molecule has 0 saturated carbocycles. The highest BCUT2D eigenvalue weighted by Crippen LogP contribution is 2.31. The van der Waals surface area contributed by atoms with Crippen LogP contribution in [0.4, 0.5) is 11.6 Å². The fourth-order valence-electron chi connectivity index (χ4n) is 3.54. The number of hydrogen-bond donors (Lipinski definition) is 2. The molecule has 0 amide bonds. The second kappa shape index (κ2) is 8.20. The molecule has 28 heavy (non-hydrogen) atoms. The Morgan fingerprint density at radius 2 is 1.89 bits per heavy atom. The van der Waals surface area contributed by atoms with E-state index in [9.17, 15) is 5.11 Å². The van der Waals surface area contributed by atoms with Crippen LogP contribution in [0.1, 0.15) is 18.4 Å². The number of aliphatic hydroxyl groups is 1. The van der Waals surface area contributed by atoms with Crippen molar-refractivity contribution in [3.63, 3.8) is 0 Å². The van der Waals surface area contributed by atoms with E-state index < -0.39 is 0 Å². The van der Waals surface area contributed by atoms with Gasteiger partial charge in [0.15, 0.2) is 11.6 Å². The first-order valence-electron chi connectivity index (χ1n) is 9.40. The number of fused-ring (bicyclic) bond motifs is 1. The monoisotopic (exact) mass is 398 g/mol. The Morgan fingerprint density at radius 1 is 1.14 bits per heavy atom. The topological polar surface area (TPSA) is 70.5 Å². The molecule has 0 radical (unpaired) electrons. The van der Waals surface area contributed by atoms with Crippen LogP contribution in [0.15, 0.2) is 42.5 Å². The maximum Gasteiger partial charge on any atom is 0.159 e. The van der Waals surface area contributed by atoms with E-state index in [1.807, 2.05) is 30.3 Å². The summed E-state index contributed by atoms with van der Waals surface area (Å²) in [6, 6.07) is 13.9. The van der Waals surface area contributed by atoms with E-state index in [4.69, 9.17) is 16.3 Å². The van der Waals surface area contributed by atoms with Crippen molar-refractivity contribution in [2.24, 2.45) is 0 Å². The van der Waals surface area contributed by atoms with Crippen molar-refractivity contribution >= 4 is 34.0 Å². The zero-order valence-corrected chi connectivity index (χ0v) is 16.5. The lowest BCUT2D eigenvalue weighted by Crippen LogP contribution is -2.36. The predicted octanol–water partition coefficient (Wildman–Crippen LogP) is 3.87. The van der Waals surface area contributed by atoms with E-state index in [1.54, 1.807) is 7.11 Å². The van der Waals surface area contributed by atoms with Crippen molar-refractivity contribution in [1.29, 1.82) is 0 Å². The lowest BCUT2D eigenvalue weighted by atomic mass is 10.1. The summed E-state index contributed by atoms with van der Waals surface area (Å²) >= 11 is 6.22. The molecule has 0 aliphatic carbocycles. The van der Waals surface area contributed by atoms with Gasteiger partial charge in [-0.05, 0) is 30.5 Å². The number of piperidine rings is 1. The molecule has 0 atom stereocenters. The molecule has 0 bridgehead atoms. The summed E-state index contributed by atoms with van der Waals surface area (Å²) in [4.78, 5) is 2.20. The van der Waals surface area contributed by atoms with E-state index in [1.165, 1.54) is 0 Å². The minimum atomic E-state index is -0.215. The van der Waals surface area contributed by atoms with Gasteiger partial charge in [-0.3, -0.25) is 0 Å². The van der Waals surface area contributed by atoms with Gasteiger partial charge >= 0.3 is 0 Å². The molecule has 7 heteroatoms. The molecule has 1 fully saturated rings. The second-order valence-corrected chi connectivity index (χ2v) is 7.37.